The third-order valence-electron chi connectivity index (χ3n) is 1.66. The van der Waals surface area contributed by atoms with Crippen molar-refractivity contribution < 1.29 is 9.53 Å². The summed E-state index contributed by atoms with van der Waals surface area (Å²) < 4.78 is 5.61. The molecule has 13 heavy (non-hydrogen) atoms. The number of hydrogen-bond acceptors (Lipinski definition) is 2. The number of rotatable bonds is 2. The van der Waals surface area contributed by atoms with Gasteiger partial charge in [0.05, 0.1) is 0 Å². The van der Waals surface area contributed by atoms with Crippen LogP contribution in [0, 0.1) is 0 Å². The predicted molar refractivity (Wildman–Crippen MR) is 52.6 cm³/mol. The number of esters is 1. The molecule has 1 aromatic rings. The van der Waals surface area contributed by atoms with Crippen LogP contribution in [0.25, 0.3) is 3.59 Å². The van der Waals surface area contributed by atoms with Crippen LogP contribution in [0.4, 0.5) is 0 Å². The van der Waals surface area contributed by atoms with Gasteiger partial charge in [-0.05, 0) is 0 Å². The molecule has 2 nitrogen and oxygen atoms in total. The molecule has 0 unspecified atom stereocenters. The van der Waals surface area contributed by atoms with Gasteiger partial charge in [0.2, 0.25) is 0 Å². The van der Waals surface area contributed by atoms with Crippen molar-refractivity contribution >= 4 is 32.1 Å². The van der Waals surface area contributed by atoms with E-state index >= 15 is 0 Å². The molecular weight excluding hydrogens is 271 g/mol. The van der Waals surface area contributed by atoms with Crippen LogP contribution < -0.4 is 0 Å². The van der Waals surface area contributed by atoms with Crippen molar-refractivity contribution in [1.82, 2.24) is 0 Å². The second kappa shape index (κ2) is 4.46. The van der Waals surface area contributed by atoms with Gasteiger partial charge in [0.1, 0.15) is 0 Å². The van der Waals surface area contributed by atoms with E-state index in [-0.39, 0.29) is 5.97 Å². The van der Waals surface area contributed by atoms with E-state index in [0.29, 0.717) is 5.56 Å². The fourth-order valence-corrected chi connectivity index (χ4v) is 1.66. The van der Waals surface area contributed by atoms with Gasteiger partial charge in [-0.3, -0.25) is 0 Å². The number of benzene rings is 1. The first-order chi connectivity index (χ1) is 6.16. The van der Waals surface area contributed by atoms with Crippen molar-refractivity contribution in [3.05, 3.63) is 42.0 Å². The maximum absolute atomic E-state index is 11.3. The van der Waals surface area contributed by atoms with Crippen LogP contribution in [0.15, 0.2) is 30.8 Å². The van der Waals surface area contributed by atoms with Crippen LogP contribution in [0.5, 0.6) is 0 Å². The molecule has 0 saturated heterocycles. The van der Waals surface area contributed by atoms with Gasteiger partial charge in [0.25, 0.3) is 0 Å². The molecule has 0 aliphatic carbocycles. The summed E-state index contributed by atoms with van der Waals surface area (Å²) in [5.74, 6) is -0.306. The fraction of sp³-hybridized carbons (Fsp3) is 0.100. The van der Waals surface area contributed by atoms with Gasteiger partial charge < -0.3 is 0 Å². The van der Waals surface area contributed by atoms with Crippen LogP contribution in [0.1, 0.15) is 15.9 Å². The molecule has 0 N–H and O–H groups in total. The van der Waals surface area contributed by atoms with Crippen molar-refractivity contribution in [3.63, 3.8) is 0 Å². The quantitative estimate of drug-likeness (QED) is 0.607. The van der Waals surface area contributed by atoms with Crippen molar-refractivity contribution in [1.29, 1.82) is 0 Å². The first-order valence-corrected chi connectivity index (χ1v) is 5.17. The van der Waals surface area contributed by atoms with E-state index in [2.05, 4.69) is 11.3 Å². The zero-order chi connectivity index (χ0) is 9.84. The van der Waals surface area contributed by atoms with Crippen LogP contribution in [-0.4, -0.2) is 35.6 Å². The molecule has 0 bridgehead atoms. The van der Waals surface area contributed by atoms with Crippen LogP contribution in [0.2, 0.25) is 0 Å². The average molecular weight is 280 g/mol. The second-order valence-corrected chi connectivity index (χ2v) is 4.24. The molecule has 0 saturated carbocycles. The Morgan fingerprint density at radius 2 is 1.92 bits per heavy atom. The molecule has 65 valence electrons. The Hall–Kier alpha value is -0.771. The Morgan fingerprint density at radius 3 is 2.38 bits per heavy atom. The molecule has 1 aromatic carbocycles. The summed E-state index contributed by atoms with van der Waals surface area (Å²) in [6, 6.07) is 7.32. The Bertz CT molecular complexity index is 345. The first-order valence-electron chi connectivity index (χ1n) is 3.75. The van der Waals surface area contributed by atoms with Gasteiger partial charge in [-0.1, -0.05) is 0 Å². The molecule has 0 aliphatic heterocycles. The summed E-state index contributed by atoms with van der Waals surface area (Å²) in [4.78, 5) is 11.3. The van der Waals surface area contributed by atoms with E-state index in [1.54, 1.807) is 6.07 Å². The second-order valence-electron chi connectivity index (χ2n) is 2.52. The van der Waals surface area contributed by atoms with Crippen LogP contribution >= 0.6 is 0 Å². The van der Waals surface area contributed by atoms with Crippen molar-refractivity contribution in [3.8, 4) is 0 Å². The molecule has 1 rings (SSSR count). The van der Waals surface area contributed by atoms with E-state index in [1.807, 2.05) is 18.2 Å². The maximum atomic E-state index is 11.3. The average Bonchev–Trinajstić information content (AvgIpc) is 2.16. The molecule has 3 radical (unpaired) electrons. The zero-order valence-corrected chi connectivity index (χ0v) is 10.2. The molecule has 0 aliphatic rings. The Balaban J connectivity index is 3.19. The molecule has 0 atom stereocenters. The number of methoxy groups -OCH3 is 1. The molecule has 0 aromatic heterocycles. The summed E-state index contributed by atoms with van der Waals surface area (Å²) in [6.07, 6.45) is 0. The minimum absolute atomic E-state index is 0.306. The summed E-state index contributed by atoms with van der Waals surface area (Å²) in [6.45, 7) is 3.83. The van der Waals surface area contributed by atoms with Crippen molar-refractivity contribution in [2.45, 2.75) is 0 Å². The third-order valence-corrected chi connectivity index (χ3v) is 2.43. The van der Waals surface area contributed by atoms with E-state index in [4.69, 9.17) is 0 Å². The third kappa shape index (κ3) is 2.34. The van der Waals surface area contributed by atoms with E-state index in [0.717, 1.165) is 9.15 Å². The Morgan fingerprint density at radius 1 is 1.38 bits per heavy atom. The van der Waals surface area contributed by atoms with Crippen molar-refractivity contribution in [2.75, 3.05) is 7.11 Å². The molecule has 0 heterocycles. The number of carbonyl (C=O) groups excluding carboxylic acids is 1. The zero-order valence-electron chi connectivity index (χ0n) is 7.33. The molecule has 3 heteroatoms. The topological polar surface area (TPSA) is 26.3 Å². The van der Waals surface area contributed by atoms with Gasteiger partial charge in [-0.2, -0.15) is 0 Å². The summed E-state index contributed by atoms with van der Waals surface area (Å²) >= 11 is 1.21. The Kier molecular flexibility index (Phi) is 3.54. The fourth-order valence-electron chi connectivity index (χ4n) is 1.03. The van der Waals surface area contributed by atoms with Gasteiger partial charge in [0.15, 0.2) is 0 Å². The number of hydrogen-bond donors (Lipinski definition) is 0. The SMILES string of the molecule is C=[C]([Sn])c1ccccc1C(=O)OC. The number of ether oxygens (including phenoxy) is 1. The Labute approximate surface area is 90.7 Å². The molecular formula is C10H9O2Sn. The predicted octanol–water partition coefficient (Wildman–Crippen LogP) is 1.61. The molecule has 0 fully saturated rings. The van der Waals surface area contributed by atoms with Gasteiger partial charge >= 0.3 is 90.7 Å². The summed E-state index contributed by atoms with van der Waals surface area (Å²) in [5, 5.41) is 0. The summed E-state index contributed by atoms with van der Waals surface area (Å²) in [7, 11) is 1.38. The van der Waals surface area contributed by atoms with Gasteiger partial charge in [0, 0.05) is 0 Å². The number of carbonyl (C=O) groups is 1. The first kappa shape index (κ1) is 10.3. The monoisotopic (exact) mass is 281 g/mol. The molecule has 0 amide bonds. The standard InChI is InChI=1S/C10H9O2.Sn/c1-3-8-6-4-5-7-9(8)10(11)12-2;/h4-7H,1H2,2H3;. The summed E-state index contributed by atoms with van der Waals surface area (Å²) in [5.41, 5.74) is 1.47. The molecule has 0 spiro atoms. The van der Waals surface area contributed by atoms with E-state index < -0.39 is 0 Å². The minimum atomic E-state index is -0.306. The van der Waals surface area contributed by atoms with Crippen LogP contribution in [-0.2, 0) is 4.74 Å². The van der Waals surface area contributed by atoms with Gasteiger partial charge in [-0.25, -0.2) is 0 Å². The van der Waals surface area contributed by atoms with Crippen molar-refractivity contribution in [2.24, 2.45) is 0 Å². The van der Waals surface area contributed by atoms with Crippen LogP contribution in [0.3, 0.4) is 0 Å². The normalized spacial score (nSPS) is 9.38. The van der Waals surface area contributed by atoms with E-state index in [9.17, 15) is 4.79 Å². The van der Waals surface area contributed by atoms with Gasteiger partial charge in [-0.15, -0.1) is 0 Å². The van der Waals surface area contributed by atoms with E-state index in [1.165, 1.54) is 29.6 Å².